The zero-order chi connectivity index (χ0) is 15.6. The quantitative estimate of drug-likeness (QED) is 0.780. The lowest BCUT2D eigenvalue weighted by Gasteiger charge is -2.25. The maximum absolute atomic E-state index is 5.66. The van der Waals surface area contributed by atoms with Crippen molar-refractivity contribution in [2.45, 2.75) is 31.7 Å². The van der Waals surface area contributed by atoms with Crippen LogP contribution < -0.4 is 5.32 Å². The minimum atomic E-state index is 0.414. The summed E-state index contributed by atoms with van der Waals surface area (Å²) in [6.07, 6.45) is 9.21. The van der Waals surface area contributed by atoms with Crippen molar-refractivity contribution in [1.82, 2.24) is 25.0 Å². The Morgan fingerprint density at radius 3 is 2.83 bits per heavy atom. The van der Waals surface area contributed by atoms with Crippen LogP contribution >= 0.6 is 0 Å². The summed E-state index contributed by atoms with van der Waals surface area (Å²) < 4.78 is 7.58. The van der Waals surface area contributed by atoms with Crippen molar-refractivity contribution in [3.63, 3.8) is 0 Å². The average molecular weight is 310 g/mol. The number of rotatable bonds is 5. The first-order valence-corrected chi connectivity index (χ1v) is 7.80. The minimum Gasteiger partial charge on any atom is -0.403 e. The van der Waals surface area contributed by atoms with Crippen LogP contribution in [0.15, 0.2) is 35.1 Å². The lowest BCUT2D eigenvalue weighted by molar-refractivity contribution is 0.416. The molecule has 0 saturated heterocycles. The van der Waals surface area contributed by atoms with Crippen molar-refractivity contribution < 1.29 is 4.42 Å². The maximum Gasteiger partial charge on any atom is 0.316 e. The van der Waals surface area contributed by atoms with Gasteiger partial charge in [0.25, 0.3) is 0 Å². The molecule has 4 rings (SSSR count). The third-order valence-corrected chi connectivity index (χ3v) is 4.40. The molecule has 0 aromatic carbocycles. The topological polar surface area (TPSA) is 81.7 Å². The molecular formula is C16H18N6O. The molecule has 0 aliphatic heterocycles. The van der Waals surface area contributed by atoms with E-state index in [2.05, 4.69) is 25.6 Å². The largest absolute Gasteiger partial charge is 0.403 e. The molecule has 0 atom stereocenters. The SMILES string of the molecule is Cn1ncc(C2CCC2)c1CNc1nnc(-c2ccncc2)o1. The van der Waals surface area contributed by atoms with Crippen molar-refractivity contribution in [3.8, 4) is 11.5 Å². The third-order valence-electron chi connectivity index (χ3n) is 4.40. The first kappa shape index (κ1) is 13.9. The standard InChI is InChI=1S/C16H18N6O/c1-22-14(13(9-19-22)11-3-2-4-11)10-18-16-21-20-15(23-16)12-5-7-17-8-6-12/h5-9,11H,2-4,10H2,1H3,(H,18,21). The van der Waals surface area contributed by atoms with Crippen LogP contribution in [0.4, 0.5) is 6.01 Å². The number of aromatic nitrogens is 5. The van der Waals surface area contributed by atoms with Gasteiger partial charge in [-0.15, -0.1) is 5.10 Å². The Labute approximate surface area is 133 Å². The second-order valence-electron chi connectivity index (χ2n) is 5.80. The number of nitrogens with zero attached hydrogens (tertiary/aromatic N) is 5. The van der Waals surface area contributed by atoms with Gasteiger partial charge in [0.05, 0.1) is 18.4 Å². The van der Waals surface area contributed by atoms with Crippen molar-refractivity contribution in [1.29, 1.82) is 0 Å². The van der Waals surface area contributed by atoms with Crippen molar-refractivity contribution in [3.05, 3.63) is 42.0 Å². The zero-order valence-corrected chi connectivity index (χ0v) is 12.9. The van der Waals surface area contributed by atoms with Crippen LogP contribution in [-0.4, -0.2) is 25.0 Å². The Balaban J connectivity index is 1.48. The third kappa shape index (κ3) is 2.69. The summed E-state index contributed by atoms with van der Waals surface area (Å²) in [5, 5.41) is 15.7. The molecular weight excluding hydrogens is 292 g/mol. The molecule has 1 saturated carbocycles. The Morgan fingerprint density at radius 2 is 2.09 bits per heavy atom. The van der Waals surface area contributed by atoms with Gasteiger partial charge in [0.2, 0.25) is 5.89 Å². The van der Waals surface area contributed by atoms with E-state index in [-0.39, 0.29) is 0 Å². The van der Waals surface area contributed by atoms with E-state index in [4.69, 9.17) is 4.42 Å². The van der Waals surface area contributed by atoms with Gasteiger partial charge in [0, 0.05) is 25.0 Å². The number of aryl methyl sites for hydroxylation is 1. The molecule has 7 nitrogen and oxygen atoms in total. The van der Waals surface area contributed by atoms with Gasteiger partial charge in [-0.1, -0.05) is 11.5 Å². The number of nitrogens with one attached hydrogen (secondary N) is 1. The van der Waals surface area contributed by atoms with Crippen LogP contribution in [0, 0.1) is 0 Å². The summed E-state index contributed by atoms with van der Waals surface area (Å²) >= 11 is 0. The van der Waals surface area contributed by atoms with Gasteiger partial charge in [0.15, 0.2) is 0 Å². The highest BCUT2D eigenvalue weighted by Gasteiger charge is 2.24. The highest BCUT2D eigenvalue weighted by molar-refractivity contribution is 5.51. The molecule has 118 valence electrons. The molecule has 3 heterocycles. The van der Waals surface area contributed by atoms with Crippen LogP contribution in [0.2, 0.25) is 0 Å². The van der Waals surface area contributed by atoms with Gasteiger partial charge in [-0.25, -0.2) is 0 Å². The first-order chi connectivity index (χ1) is 11.3. The number of hydrogen-bond donors (Lipinski definition) is 1. The second-order valence-corrected chi connectivity index (χ2v) is 5.80. The van der Waals surface area contributed by atoms with E-state index < -0.39 is 0 Å². The van der Waals surface area contributed by atoms with Crippen molar-refractivity contribution in [2.75, 3.05) is 5.32 Å². The molecule has 7 heteroatoms. The number of hydrogen-bond acceptors (Lipinski definition) is 6. The molecule has 1 aliphatic carbocycles. The van der Waals surface area contributed by atoms with Crippen LogP contribution in [0.25, 0.3) is 11.5 Å². The molecule has 0 amide bonds. The fourth-order valence-electron chi connectivity index (χ4n) is 2.82. The highest BCUT2D eigenvalue weighted by atomic mass is 16.4. The van der Waals surface area contributed by atoms with E-state index in [0.29, 0.717) is 24.4 Å². The summed E-state index contributed by atoms with van der Waals surface area (Å²) in [7, 11) is 1.97. The molecule has 3 aromatic rings. The Hall–Kier alpha value is -2.70. The van der Waals surface area contributed by atoms with E-state index in [0.717, 1.165) is 5.56 Å². The van der Waals surface area contributed by atoms with E-state index in [9.17, 15) is 0 Å². The van der Waals surface area contributed by atoms with Crippen molar-refractivity contribution in [2.24, 2.45) is 7.05 Å². The maximum atomic E-state index is 5.66. The fourth-order valence-corrected chi connectivity index (χ4v) is 2.82. The van der Waals surface area contributed by atoms with Crippen LogP contribution in [0.3, 0.4) is 0 Å². The van der Waals surface area contributed by atoms with E-state index in [1.807, 2.05) is 30.1 Å². The lowest BCUT2D eigenvalue weighted by Crippen LogP contribution is -2.14. The van der Waals surface area contributed by atoms with Gasteiger partial charge >= 0.3 is 6.01 Å². The Bertz CT molecular complexity index is 790. The molecule has 1 fully saturated rings. The Morgan fingerprint density at radius 1 is 1.26 bits per heavy atom. The Kier molecular flexibility index (Phi) is 3.53. The number of pyridine rings is 1. The predicted octanol–water partition coefficient (Wildman–Crippen LogP) is 2.74. The van der Waals surface area contributed by atoms with Crippen LogP contribution in [0.1, 0.15) is 36.4 Å². The summed E-state index contributed by atoms with van der Waals surface area (Å²) in [6, 6.07) is 4.10. The van der Waals surface area contributed by atoms with Gasteiger partial charge < -0.3 is 9.73 Å². The van der Waals surface area contributed by atoms with E-state index in [1.165, 1.54) is 30.5 Å². The zero-order valence-electron chi connectivity index (χ0n) is 12.9. The summed E-state index contributed by atoms with van der Waals surface area (Å²) in [4.78, 5) is 3.98. The van der Waals surface area contributed by atoms with Gasteiger partial charge in [0.1, 0.15) is 0 Å². The summed E-state index contributed by atoms with van der Waals surface area (Å²) in [5.41, 5.74) is 3.37. The molecule has 0 unspecified atom stereocenters. The molecule has 3 aromatic heterocycles. The molecule has 0 spiro atoms. The van der Waals surface area contributed by atoms with E-state index >= 15 is 0 Å². The molecule has 23 heavy (non-hydrogen) atoms. The predicted molar refractivity (Wildman–Crippen MR) is 84.7 cm³/mol. The molecule has 1 N–H and O–H groups in total. The molecule has 1 aliphatic rings. The fraction of sp³-hybridized carbons (Fsp3) is 0.375. The second kappa shape index (κ2) is 5.83. The van der Waals surface area contributed by atoms with Crippen molar-refractivity contribution >= 4 is 6.01 Å². The normalized spacial score (nSPS) is 14.7. The molecule has 0 bridgehead atoms. The van der Waals surface area contributed by atoms with Crippen LogP contribution in [-0.2, 0) is 13.6 Å². The van der Waals surface area contributed by atoms with E-state index in [1.54, 1.807) is 12.4 Å². The monoisotopic (exact) mass is 310 g/mol. The first-order valence-electron chi connectivity index (χ1n) is 7.80. The highest BCUT2D eigenvalue weighted by Crippen LogP contribution is 2.37. The van der Waals surface area contributed by atoms with Gasteiger partial charge in [-0.2, -0.15) is 5.10 Å². The number of anilines is 1. The minimum absolute atomic E-state index is 0.414. The smallest absolute Gasteiger partial charge is 0.316 e. The van der Waals surface area contributed by atoms with Gasteiger partial charge in [-0.3, -0.25) is 9.67 Å². The average Bonchev–Trinajstić information content (AvgIpc) is 3.13. The van der Waals surface area contributed by atoms with Gasteiger partial charge in [-0.05, 0) is 36.5 Å². The van der Waals surface area contributed by atoms with Crippen LogP contribution in [0.5, 0.6) is 0 Å². The molecule has 0 radical (unpaired) electrons. The summed E-state index contributed by atoms with van der Waals surface area (Å²) in [5.74, 6) is 1.13. The lowest BCUT2D eigenvalue weighted by atomic mass is 9.80. The summed E-state index contributed by atoms with van der Waals surface area (Å²) in [6.45, 7) is 0.625.